The van der Waals surface area contributed by atoms with Crippen LogP contribution in [0.1, 0.15) is 6.42 Å². The van der Waals surface area contributed by atoms with Crippen LogP contribution in [0.4, 0.5) is 11.4 Å². The molecule has 1 aliphatic rings. The lowest BCUT2D eigenvalue weighted by molar-refractivity contribution is 0.415. The highest BCUT2D eigenvalue weighted by molar-refractivity contribution is 7.91. The Kier molecular flexibility index (Phi) is 3.65. The van der Waals surface area contributed by atoms with Crippen LogP contribution in [0.25, 0.3) is 0 Å². The van der Waals surface area contributed by atoms with Gasteiger partial charge in [-0.1, -0.05) is 0 Å². The molecule has 1 aliphatic heterocycles. The number of ether oxygens (including phenoxy) is 1. The molecule has 1 saturated heterocycles. The monoisotopic (exact) mass is 270 g/mol. The first-order valence-corrected chi connectivity index (χ1v) is 7.70. The van der Waals surface area contributed by atoms with Crippen LogP contribution in [0, 0.1) is 5.92 Å². The zero-order valence-electron chi connectivity index (χ0n) is 10.3. The maximum atomic E-state index is 11.3. The van der Waals surface area contributed by atoms with Crippen LogP contribution in [-0.2, 0) is 9.84 Å². The number of hydrogen-bond donors (Lipinski definition) is 2. The molecule has 1 heterocycles. The number of sulfone groups is 1. The van der Waals surface area contributed by atoms with E-state index in [1.54, 1.807) is 13.2 Å². The Balaban J connectivity index is 1.95. The van der Waals surface area contributed by atoms with E-state index in [2.05, 4.69) is 5.32 Å². The molecule has 0 amide bonds. The molecule has 1 aromatic rings. The fourth-order valence-corrected chi connectivity index (χ4v) is 3.98. The summed E-state index contributed by atoms with van der Waals surface area (Å²) in [5.74, 6) is 1.46. The predicted molar refractivity (Wildman–Crippen MR) is 72.7 cm³/mol. The van der Waals surface area contributed by atoms with Crippen molar-refractivity contribution >= 4 is 21.2 Å². The topological polar surface area (TPSA) is 81.4 Å². The Morgan fingerprint density at radius 2 is 2.28 bits per heavy atom. The molecule has 6 heteroatoms. The van der Waals surface area contributed by atoms with E-state index < -0.39 is 9.84 Å². The van der Waals surface area contributed by atoms with E-state index in [4.69, 9.17) is 10.5 Å². The summed E-state index contributed by atoms with van der Waals surface area (Å²) in [5, 5.41) is 3.20. The second kappa shape index (κ2) is 5.06. The van der Waals surface area contributed by atoms with E-state index in [-0.39, 0.29) is 11.7 Å². The van der Waals surface area contributed by atoms with Crippen molar-refractivity contribution < 1.29 is 13.2 Å². The molecule has 5 nitrogen and oxygen atoms in total. The minimum Gasteiger partial charge on any atom is -0.497 e. The van der Waals surface area contributed by atoms with Gasteiger partial charge in [0.15, 0.2) is 9.84 Å². The average Bonchev–Trinajstić information content (AvgIpc) is 2.67. The van der Waals surface area contributed by atoms with Gasteiger partial charge in [0.25, 0.3) is 0 Å². The molecule has 0 saturated carbocycles. The Labute approximate surface area is 107 Å². The summed E-state index contributed by atoms with van der Waals surface area (Å²) in [5.41, 5.74) is 7.30. The van der Waals surface area contributed by atoms with E-state index >= 15 is 0 Å². The van der Waals surface area contributed by atoms with Crippen LogP contribution in [-0.4, -0.2) is 33.6 Å². The summed E-state index contributed by atoms with van der Waals surface area (Å²) in [7, 11) is -1.22. The summed E-state index contributed by atoms with van der Waals surface area (Å²) < 4.78 is 27.7. The number of hydrogen-bond acceptors (Lipinski definition) is 5. The number of nitrogen functional groups attached to an aromatic ring is 1. The van der Waals surface area contributed by atoms with Gasteiger partial charge < -0.3 is 15.8 Å². The fourth-order valence-electron chi connectivity index (χ4n) is 2.12. The number of methoxy groups -OCH3 is 1. The molecular formula is C12H18N2O3S. The summed E-state index contributed by atoms with van der Waals surface area (Å²) >= 11 is 0. The van der Waals surface area contributed by atoms with Crippen molar-refractivity contribution in [2.45, 2.75) is 6.42 Å². The normalized spacial score (nSPS) is 21.7. The average molecular weight is 270 g/mol. The van der Waals surface area contributed by atoms with Crippen molar-refractivity contribution in [1.29, 1.82) is 0 Å². The summed E-state index contributed by atoms with van der Waals surface area (Å²) in [4.78, 5) is 0. The van der Waals surface area contributed by atoms with Gasteiger partial charge >= 0.3 is 0 Å². The Morgan fingerprint density at radius 3 is 2.83 bits per heavy atom. The standard InChI is InChI=1S/C12H18N2O3S/c1-17-10-2-3-12(11(13)6-10)14-7-9-4-5-18(15,16)8-9/h2-3,6,9,14H,4-5,7-8,13H2,1H3. The van der Waals surface area contributed by atoms with Gasteiger partial charge in [-0.3, -0.25) is 0 Å². The van der Waals surface area contributed by atoms with Crippen molar-refractivity contribution in [3.63, 3.8) is 0 Å². The smallest absolute Gasteiger partial charge is 0.150 e. The molecule has 0 radical (unpaired) electrons. The molecule has 0 spiro atoms. The van der Waals surface area contributed by atoms with Gasteiger partial charge in [0, 0.05) is 12.6 Å². The molecule has 1 fully saturated rings. The SMILES string of the molecule is COc1ccc(NCC2CCS(=O)(=O)C2)c(N)c1. The highest BCUT2D eigenvalue weighted by Crippen LogP contribution is 2.25. The van der Waals surface area contributed by atoms with Gasteiger partial charge in [-0.25, -0.2) is 8.42 Å². The predicted octanol–water partition coefficient (Wildman–Crippen LogP) is 1.12. The fraction of sp³-hybridized carbons (Fsp3) is 0.500. The van der Waals surface area contributed by atoms with Crippen molar-refractivity contribution in [1.82, 2.24) is 0 Å². The Morgan fingerprint density at radius 1 is 1.50 bits per heavy atom. The van der Waals surface area contributed by atoms with Gasteiger partial charge in [0.1, 0.15) is 5.75 Å². The van der Waals surface area contributed by atoms with Crippen molar-refractivity contribution in [2.24, 2.45) is 5.92 Å². The van der Waals surface area contributed by atoms with Gasteiger partial charge in [-0.2, -0.15) is 0 Å². The molecule has 1 atom stereocenters. The van der Waals surface area contributed by atoms with Crippen molar-refractivity contribution in [3.8, 4) is 5.75 Å². The zero-order valence-corrected chi connectivity index (χ0v) is 11.2. The number of nitrogens with two attached hydrogens (primary N) is 1. The minimum absolute atomic E-state index is 0.177. The molecule has 3 N–H and O–H groups in total. The third-order valence-electron chi connectivity index (χ3n) is 3.17. The largest absolute Gasteiger partial charge is 0.497 e. The van der Waals surface area contributed by atoms with Crippen LogP contribution in [0.15, 0.2) is 18.2 Å². The van der Waals surface area contributed by atoms with Crippen molar-refractivity contribution in [3.05, 3.63) is 18.2 Å². The first-order valence-electron chi connectivity index (χ1n) is 5.88. The second-order valence-electron chi connectivity index (χ2n) is 4.60. The molecule has 0 aliphatic carbocycles. The van der Waals surface area contributed by atoms with E-state index in [0.717, 1.165) is 12.1 Å². The molecule has 0 bridgehead atoms. The van der Waals surface area contributed by atoms with E-state index in [9.17, 15) is 8.42 Å². The Hall–Kier alpha value is -1.43. The third-order valence-corrected chi connectivity index (χ3v) is 5.00. The van der Waals surface area contributed by atoms with Crippen LogP contribution >= 0.6 is 0 Å². The van der Waals surface area contributed by atoms with Gasteiger partial charge in [-0.15, -0.1) is 0 Å². The molecule has 1 aromatic carbocycles. The van der Waals surface area contributed by atoms with Crippen molar-refractivity contribution in [2.75, 3.05) is 36.2 Å². The highest BCUT2D eigenvalue weighted by Gasteiger charge is 2.27. The lowest BCUT2D eigenvalue weighted by atomic mass is 10.1. The lowest BCUT2D eigenvalue weighted by Crippen LogP contribution is -2.16. The quantitative estimate of drug-likeness (QED) is 0.801. The number of rotatable bonds is 4. The minimum atomic E-state index is -2.81. The van der Waals surface area contributed by atoms with Gasteiger partial charge in [-0.05, 0) is 24.5 Å². The van der Waals surface area contributed by atoms with E-state index in [0.29, 0.717) is 23.7 Å². The number of nitrogens with one attached hydrogen (secondary N) is 1. The molecule has 18 heavy (non-hydrogen) atoms. The molecule has 1 unspecified atom stereocenters. The van der Waals surface area contributed by atoms with Crippen LogP contribution < -0.4 is 15.8 Å². The lowest BCUT2D eigenvalue weighted by Gasteiger charge is -2.13. The van der Waals surface area contributed by atoms with Gasteiger partial charge in [0.05, 0.1) is 30.0 Å². The molecule has 100 valence electrons. The van der Waals surface area contributed by atoms with E-state index in [1.807, 2.05) is 12.1 Å². The number of benzene rings is 1. The summed E-state index contributed by atoms with van der Waals surface area (Å²) in [6.07, 6.45) is 0.728. The maximum absolute atomic E-state index is 11.3. The second-order valence-corrected chi connectivity index (χ2v) is 6.83. The first-order chi connectivity index (χ1) is 8.50. The molecule has 2 rings (SSSR count). The van der Waals surface area contributed by atoms with Crippen LogP contribution in [0.2, 0.25) is 0 Å². The molecule has 0 aromatic heterocycles. The highest BCUT2D eigenvalue weighted by atomic mass is 32.2. The third kappa shape index (κ3) is 3.07. The summed E-state index contributed by atoms with van der Waals surface area (Å²) in [6.45, 7) is 0.635. The van der Waals surface area contributed by atoms with Crippen LogP contribution in [0.3, 0.4) is 0 Å². The Bertz CT molecular complexity index is 528. The van der Waals surface area contributed by atoms with Crippen LogP contribution in [0.5, 0.6) is 5.75 Å². The maximum Gasteiger partial charge on any atom is 0.150 e. The summed E-state index contributed by atoms with van der Waals surface area (Å²) in [6, 6.07) is 5.41. The molecular weight excluding hydrogens is 252 g/mol. The zero-order chi connectivity index (χ0) is 13.2. The van der Waals surface area contributed by atoms with E-state index in [1.165, 1.54) is 0 Å². The van der Waals surface area contributed by atoms with Gasteiger partial charge in [0.2, 0.25) is 0 Å². The number of anilines is 2. The first kappa shape index (κ1) is 13.0.